The van der Waals surface area contributed by atoms with Crippen LogP contribution >= 0.6 is 7.82 Å². The zero-order valence-corrected chi connectivity index (χ0v) is 21.3. The summed E-state index contributed by atoms with van der Waals surface area (Å²) < 4.78 is 35.4. The van der Waals surface area contributed by atoms with Crippen LogP contribution in [0.4, 0.5) is 4.39 Å². The van der Waals surface area contributed by atoms with E-state index in [-0.39, 0.29) is 17.8 Å². The van der Waals surface area contributed by atoms with Gasteiger partial charge in [-0.05, 0) is 97.7 Å². The number of carbonyl (C=O) groups excluding carboxylic acids is 1. The lowest BCUT2D eigenvalue weighted by molar-refractivity contribution is -0.152. The van der Waals surface area contributed by atoms with Gasteiger partial charge in [0.05, 0.1) is 0 Å². The van der Waals surface area contributed by atoms with E-state index in [4.69, 9.17) is 14.5 Å². The Morgan fingerprint density at radius 2 is 1.82 bits per heavy atom. The first-order valence-electron chi connectivity index (χ1n) is 13.0. The lowest BCUT2D eigenvalue weighted by Crippen LogP contribution is -2.56. The second kappa shape index (κ2) is 9.52. The van der Waals surface area contributed by atoms with Gasteiger partial charge in [-0.25, -0.2) is 13.5 Å². The molecule has 0 radical (unpaired) electrons. The van der Waals surface area contributed by atoms with Crippen LogP contribution < -0.4 is 0 Å². The van der Waals surface area contributed by atoms with Crippen molar-refractivity contribution in [3.05, 3.63) is 0 Å². The van der Waals surface area contributed by atoms with Crippen molar-refractivity contribution in [3.63, 3.8) is 0 Å². The van der Waals surface area contributed by atoms with E-state index in [1.165, 1.54) is 25.7 Å². The number of esters is 1. The molecule has 0 bridgehead atoms. The van der Waals surface area contributed by atoms with Crippen molar-refractivity contribution >= 4 is 13.8 Å². The first-order chi connectivity index (χ1) is 15.5. The molecule has 9 unspecified atom stereocenters. The van der Waals surface area contributed by atoms with Gasteiger partial charge in [-0.1, -0.05) is 33.6 Å². The molecule has 2 N–H and O–H groups in total. The average molecular weight is 489 g/mol. The largest absolute Gasteiger partial charge is 0.472 e. The van der Waals surface area contributed by atoms with Crippen molar-refractivity contribution in [1.29, 1.82) is 0 Å². The Morgan fingerprint density at radius 3 is 2.55 bits per heavy atom. The summed E-state index contributed by atoms with van der Waals surface area (Å²) in [7, 11) is -4.64. The fourth-order valence-corrected chi connectivity index (χ4v) is 9.15. The summed E-state index contributed by atoms with van der Waals surface area (Å²) in [6.45, 7) is 6.31. The van der Waals surface area contributed by atoms with E-state index in [0.717, 1.165) is 32.1 Å². The first kappa shape index (κ1) is 25.6. The molecule has 4 saturated carbocycles. The maximum Gasteiger partial charge on any atom is 0.472 e. The molecule has 0 aromatic heterocycles. The molecule has 190 valence electrons. The highest BCUT2D eigenvalue weighted by Crippen LogP contribution is 2.68. The minimum Gasteiger partial charge on any atom is -0.438 e. The number of hydrogen-bond donors (Lipinski definition) is 2. The van der Waals surface area contributed by atoms with Crippen molar-refractivity contribution in [3.8, 4) is 0 Å². The fourth-order valence-electron chi connectivity index (χ4n) is 8.96. The van der Waals surface area contributed by atoms with Crippen LogP contribution in [0.3, 0.4) is 0 Å². The first-order valence-corrected chi connectivity index (χ1v) is 14.5. The number of hydrogen-bond acceptors (Lipinski definition) is 4. The number of phosphoric ester groups is 1. The van der Waals surface area contributed by atoms with Crippen LogP contribution in [0.15, 0.2) is 0 Å². The van der Waals surface area contributed by atoms with Crippen LogP contribution in [0.1, 0.15) is 91.4 Å². The summed E-state index contributed by atoms with van der Waals surface area (Å²) >= 11 is 0. The van der Waals surface area contributed by atoms with Crippen LogP contribution in [0.25, 0.3) is 0 Å². The number of fused-ring (bicyclic) bond motifs is 5. The Bertz CT molecular complexity index is 772. The zero-order valence-electron chi connectivity index (χ0n) is 20.4. The molecule has 0 aromatic rings. The highest BCUT2D eigenvalue weighted by molar-refractivity contribution is 7.46. The van der Waals surface area contributed by atoms with Gasteiger partial charge in [-0.3, -0.25) is 4.79 Å². The summed E-state index contributed by atoms with van der Waals surface area (Å²) in [5.41, 5.74) is 0.436. The second-order valence-corrected chi connectivity index (χ2v) is 13.2. The van der Waals surface area contributed by atoms with Gasteiger partial charge >= 0.3 is 13.8 Å². The summed E-state index contributed by atoms with van der Waals surface area (Å²) in [4.78, 5) is 29.4. The third-order valence-electron chi connectivity index (χ3n) is 10.6. The molecule has 0 amide bonds. The van der Waals surface area contributed by atoms with Gasteiger partial charge in [0.1, 0.15) is 6.17 Å². The third-order valence-corrected chi connectivity index (χ3v) is 11.0. The van der Waals surface area contributed by atoms with Crippen molar-refractivity contribution in [2.75, 3.05) is 6.79 Å². The van der Waals surface area contributed by atoms with E-state index in [0.29, 0.717) is 41.4 Å². The van der Waals surface area contributed by atoms with Gasteiger partial charge in [0.15, 0.2) is 0 Å². The van der Waals surface area contributed by atoms with Crippen LogP contribution in [0.2, 0.25) is 0 Å². The summed E-state index contributed by atoms with van der Waals surface area (Å²) in [5, 5.41) is 0. The molecule has 4 rings (SSSR count). The van der Waals surface area contributed by atoms with E-state index >= 15 is 4.39 Å². The van der Waals surface area contributed by atoms with Crippen LogP contribution in [-0.2, 0) is 18.6 Å². The smallest absolute Gasteiger partial charge is 0.438 e. The van der Waals surface area contributed by atoms with Gasteiger partial charge in [0, 0.05) is 6.42 Å². The van der Waals surface area contributed by atoms with Crippen LogP contribution in [0.5, 0.6) is 0 Å². The van der Waals surface area contributed by atoms with Gasteiger partial charge in [-0.15, -0.1) is 0 Å². The molecule has 0 saturated heterocycles. The number of ether oxygens (including phenoxy) is 1. The van der Waals surface area contributed by atoms with Crippen molar-refractivity contribution in [2.45, 2.75) is 97.6 Å². The average Bonchev–Trinajstić information content (AvgIpc) is 3.08. The van der Waals surface area contributed by atoms with Gasteiger partial charge in [0.2, 0.25) is 6.79 Å². The molecule has 4 aliphatic rings. The number of alkyl halides is 1. The van der Waals surface area contributed by atoms with E-state index in [1.807, 2.05) is 0 Å². The van der Waals surface area contributed by atoms with Crippen LogP contribution in [-0.4, -0.2) is 28.7 Å². The van der Waals surface area contributed by atoms with E-state index in [1.54, 1.807) is 0 Å². The minimum atomic E-state index is -4.64. The Balaban J connectivity index is 1.38. The quantitative estimate of drug-likeness (QED) is 0.259. The highest BCUT2D eigenvalue weighted by atomic mass is 31.2. The standard InChI is InChI=1S/C25H42FO6P/c1-16(7-10-22(27)31-15-32-33(28,29)30)18-8-9-19-23-20(11-13-25(18,19)3)24(2)12-5-4-6-17(24)14-21(23)26/h16-21,23H,4-15H2,1-3H3,(H2,28,29,30). The van der Waals surface area contributed by atoms with Crippen LogP contribution in [0, 0.1) is 46.3 Å². The van der Waals surface area contributed by atoms with E-state index in [9.17, 15) is 9.36 Å². The number of phosphoric acid groups is 1. The highest BCUT2D eigenvalue weighted by Gasteiger charge is 2.62. The summed E-state index contributed by atoms with van der Waals surface area (Å²) in [6.07, 6.45) is 10.4. The minimum absolute atomic E-state index is 0.121. The molecule has 0 heterocycles. The third kappa shape index (κ3) is 4.94. The summed E-state index contributed by atoms with van der Waals surface area (Å²) in [5.74, 6) is 1.97. The molecular formula is C25H42FO6P. The summed E-state index contributed by atoms with van der Waals surface area (Å²) in [6, 6.07) is 0. The van der Waals surface area contributed by atoms with Gasteiger partial charge in [0.25, 0.3) is 0 Å². The molecule has 4 aliphatic carbocycles. The second-order valence-electron chi connectivity index (χ2n) is 12.0. The van der Waals surface area contributed by atoms with E-state index in [2.05, 4.69) is 25.3 Å². The van der Waals surface area contributed by atoms with Gasteiger partial charge < -0.3 is 14.5 Å². The maximum absolute atomic E-state index is 15.7. The molecule has 9 atom stereocenters. The van der Waals surface area contributed by atoms with Gasteiger partial charge in [-0.2, -0.15) is 0 Å². The molecule has 6 nitrogen and oxygen atoms in total. The molecule has 33 heavy (non-hydrogen) atoms. The normalized spacial score (nSPS) is 43.8. The molecule has 0 spiro atoms. The zero-order chi connectivity index (χ0) is 24.0. The Labute approximate surface area is 197 Å². The van der Waals surface area contributed by atoms with Crippen molar-refractivity contribution in [2.24, 2.45) is 46.3 Å². The SMILES string of the molecule is CC(CCC(=O)OCOP(=O)(O)O)C1CCC2C3C(F)CC4CCCCC4(C)C3CCC12C. The van der Waals surface area contributed by atoms with Crippen molar-refractivity contribution in [1.82, 2.24) is 0 Å². The topological polar surface area (TPSA) is 93.1 Å². The maximum atomic E-state index is 15.7. The molecule has 8 heteroatoms. The molecule has 0 aromatic carbocycles. The Morgan fingerprint density at radius 1 is 1.09 bits per heavy atom. The molecule has 0 aliphatic heterocycles. The lowest BCUT2D eigenvalue weighted by atomic mass is 9.44. The molecule has 4 fully saturated rings. The monoisotopic (exact) mass is 488 g/mol. The van der Waals surface area contributed by atoms with E-state index < -0.39 is 26.8 Å². The molecular weight excluding hydrogens is 446 g/mol. The predicted octanol–water partition coefficient (Wildman–Crippen LogP) is 6.01. The fraction of sp³-hybridized carbons (Fsp3) is 0.960. The lowest BCUT2D eigenvalue weighted by Gasteiger charge is -2.61. The predicted molar refractivity (Wildman–Crippen MR) is 123 cm³/mol. The Kier molecular flexibility index (Phi) is 7.38. The number of carbonyl (C=O) groups is 1. The van der Waals surface area contributed by atoms with Crippen molar-refractivity contribution < 1.29 is 32.8 Å². The Hall–Kier alpha value is -0.490. The number of halogens is 1. The number of rotatable bonds is 7.